The number of carboxylic acids is 1. The van der Waals surface area contributed by atoms with Gasteiger partial charge in [-0.25, -0.2) is 4.79 Å². The number of rotatable bonds is 15. The Morgan fingerprint density at radius 3 is 1.92 bits per heavy atom. The second-order valence-corrected chi connectivity index (χ2v) is 10.9. The van der Waals surface area contributed by atoms with Gasteiger partial charge in [-0.05, 0) is 30.0 Å². The zero-order valence-electron chi connectivity index (χ0n) is 26.8. The van der Waals surface area contributed by atoms with Crippen LogP contribution in [0.5, 0.6) is 0 Å². The van der Waals surface area contributed by atoms with Crippen molar-refractivity contribution in [1.82, 2.24) is 15.1 Å². The summed E-state index contributed by atoms with van der Waals surface area (Å²) in [4.78, 5) is 63.7. The number of benzene rings is 2. The Bertz CT molecular complexity index is 1480. The van der Waals surface area contributed by atoms with E-state index in [4.69, 9.17) is 37.9 Å². The molecular formula is C31H41F3N8O6. The molecule has 0 aliphatic heterocycles. The highest BCUT2D eigenvalue weighted by molar-refractivity contribution is 6.02. The minimum Gasteiger partial charge on any atom is -0.475 e. The molecule has 14 nitrogen and oxygen atoms in total. The number of alkyl halides is 3. The van der Waals surface area contributed by atoms with Crippen LogP contribution in [0.15, 0.2) is 48.5 Å². The number of nitrogen functional groups attached to an aromatic ring is 2. The van der Waals surface area contributed by atoms with Crippen molar-refractivity contribution in [2.24, 2.45) is 23.1 Å². The Morgan fingerprint density at radius 1 is 0.896 bits per heavy atom. The van der Waals surface area contributed by atoms with Gasteiger partial charge >= 0.3 is 12.1 Å². The van der Waals surface area contributed by atoms with Crippen LogP contribution in [0.4, 0.5) is 13.2 Å². The summed E-state index contributed by atoms with van der Waals surface area (Å²) in [7, 11) is 3.09. The van der Waals surface area contributed by atoms with Gasteiger partial charge in [0.1, 0.15) is 23.6 Å². The van der Waals surface area contributed by atoms with Crippen molar-refractivity contribution in [2.75, 3.05) is 20.6 Å². The monoisotopic (exact) mass is 678 g/mol. The molecule has 0 heterocycles. The first kappa shape index (κ1) is 40.5. The van der Waals surface area contributed by atoms with Gasteiger partial charge in [-0.15, -0.1) is 0 Å². The Hall–Kier alpha value is -5.48. The van der Waals surface area contributed by atoms with Crippen LogP contribution in [0, 0.1) is 16.7 Å². The summed E-state index contributed by atoms with van der Waals surface area (Å²) in [5, 5.41) is 25.1. The lowest BCUT2D eigenvalue weighted by atomic mass is 9.95. The van der Waals surface area contributed by atoms with Crippen LogP contribution in [-0.4, -0.2) is 89.0 Å². The summed E-state index contributed by atoms with van der Waals surface area (Å²) < 4.78 is 31.7. The molecule has 17 heteroatoms. The second-order valence-electron chi connectivity index (χ2n) is 10.9. The van der Waals surface area contributed by atoms with Crippen molar-refractivity contribution in [1.29, 1.82) is 10.8 Å². The standard InChI is InChI=1S/C29H40N8O4.C2HF3O2/c1-4-5-9-23(29(41)37(17-24(30)38)16-19-7-6-8-21(14-19)26(33)34)35-27(39)22(28(40)36(2)3)15-18-10-12-20(13-11-18)25(31)32;3-2(4,5)1(6)7/h6-8,10-14,22-23H,4-5,9,15-17H2,1-3H3,(H2,30,38)(H3,31,32)(H3,33,34)(H,35,39);(H,6,7)/t22?,23-;/m0./s1. The van der Waals surface area contributed by atoms with E-state index in [-0.39, 0.29) is 31.2 Å². The third-order valence-electron chi connectivity index (χ3n) is 6.73. The maximum Gasteiger partial charge on any atom is 0.490 e. The van der Waals surface area contributed by atoms with E-state index in [1.54, 1.807) is 62.6 Å². The molecule has 0 aromatic heterocycles. The average Bonchev–Trinajstić information content (AvgIpc) is 3.00. The molecule has 2 aromatic rings. The van der Waals surface area contributed by atoms with Gasteiger partial charge in [-0.3, -0.25) is 30.0 Å². The molecule has 48 heavy (non-hydrogen) atoms. The van der Waals surface area contributed by atoms with E-state index >= 15 is 0 Å². The molecule has 0 aliphatic carbocycles. The lowest BCUT2D eigenvalue weighted by Crippen LogP contribution is -2.53. The number of carbonyl (C=O) groups excluding carboxylic acids is 4. The van der Waals surface area contributed by atoms with Gasteiger partial charge in [0.05, 0.1) is 6.54 Å². The number of halogens is 3. The van der Waals surface area contributed by atoms with Crippen LogP contribution in [0.25, 0.3) is 0 Å². The number of carbonyl (C=O) groups is 5. The maximum atomic E-state index is 13.7. The van der Waals surface area contributed by atoms with Gasteiger partial charge in [0.15, 0.2) is 0 Å². The van der Waals surface area contributed by atoms with Crippen LogP contribution in [0.3, 0.4) is 0 Å². The van der Waals surface area contributed by atoms with E-state index in [0.29, 0.717) is 35.1 Å². The van der Waals surface area contributed by atoms with Crippen LogP contribution in [0.2, 0.25) is 0 Å². The molecule has 0 spiro atoms. The minimum absolute atomic E-state index is 0.00391. The Labute approximate surface area is 275 Å². The molecule has 0 saturated carbocycles. The summed E-state index contributed by atoms with van der Waals surface area (Å²) in [5.41, 5.74) is 18.9. The lowest BCUT2D eigenvalue weighted by Gasteiger charge is -2.29. The van der Waals surface area contributed by atoms with E-state index in [1.165, 1.54) is 9.80 Å². The van der Waals surface area contributed by atoms with Gasteiger partial charge in [0, 0.05) is 31.8 Å². The number of unbranched alkanes of at least 4 members (excludes halogenated alkanes) is 1. The molecule has 2 atom stereocenters. The number of amides is 4. The Balaban J connectivity index is 0.00000148. The van der Waals surface area contributed by atoms with Crippen molar-refractivity contribution in [2.45, 2.75) is 51.4 Å². The van der Waals surface area contributed by atoms with Crippen LogP contribution in [-0.2, 0) is 36.9 Å². The van der Waals surface area contributed by atoms with Crippen LogP contribution >= 0.6 is 0 Å². The first-order chi connectivity index (χ1) is 22.3. The molecule has 1 unspecified atom stereocenters. The molecule has 0 saturated heterocycles. The number of hydrogen-bond donors (Lipinski definition) is 7. The van der Waals surface area contributed by atoms with Crippen molar-refractivity contribution < 1.29 is 42.3 Å². The summed E-state index contributed by atoms with van der Waals surface area (Å²) in [5.74, 6) is -6.41. The van der Waals surface area contributed by atoms with Crippen LogP contribution < -0.4 is 22.5 Å². The van der Waals surface area contributed by atoms with Gasteiger partial charge < -0.3 is 37.4 Å². The second kappa shape index (κ2) is 18.6. The third kappa shape index (κ3) is 13.5. The maximum absolute atomic E-state index is 13.7. The fourth-order valence-corrected chi connectivity index (χ4v) is 4.28. The molecule has 262 valence electrons. The fourth-order valence-electron chi connectivity index (χ4n) is 4.28. The number of aliphatic carboxylic acids is 1. The smallest absolute Gasteiger partial charge is 0.475 e. The van der Waals surface area contributed by atoms with Gasteiger partial charge in [0.25, 0.3) is 0 Å². The normalized spacial score (nSPS) is 12.0. The van der Waals surface area contributed by atoms with Crippen molar-refractivity contribution in [3.63, 3.8) is 0 Å². The number of nitrogens with one attached hydrogen (secondary N) is 3. The molecule has 0 radical (unpaired) electrons. The van der Waals surface area contributed by atoms with Gasteiger partial charge in [-0.2, -0.15) is 13.2 Å². The molecule has 2 aromatic carbocycles. The lowest BCUT2D eigenvalue weighted by molar-refractivity contribution is -0.192. The number of nitrogens with zero attached hydrogens (tertiary/aromatic N) is 2. The molecular weight excluding hydrogens is 637 g/mol. The topological polar surface area (TPSA) is 250 Å². The summed E-state index contributed by atoms with van der Waals surface area (Å²) in [6.45, 7) is 1.56. The zero-order chi connectivity index (χ0) is 36.8. The van der Waals surface area contributed by atoms with Gasteiger partial charge in [-0.1, -0.05) is 62.2 Å². The quantitative estimate of drug-likeness (QED) is 0.0820. The first-order valence-corrected chi connectivity index (χ1v) is 14.5. The molecule has 0 bridgehead atoms. The number of nitrogens with two attached hydrogens (primary N) is 3. The molecule has 2 rings (SSSR count). The number of amidine groups is 2. The average molecular weight is 679 g/mol. The SMILES string of the molecule is CCCC[C@H](NC(=O)C(Cc1ccc(C(=N)N)cc1)C(=O)N(C)C)C(=O)N(CC(N)=O)Cc1cccc(C(=N)N)c1.O=C(O)C(F)(F)F. The summed E-state index contributed by atoms with van der Waals surface area (Å²) in [6, 6.07) is 12.4. The van der Waals surface area contributed by atoms with E-state index < -0.39 is 47.7 Å². The van der Waals surface area contributed by atoms with E-state index in [2.05, 4.69) is 5.32 Å². The molecule has 0 fully saturated rings. The molecule has 4 amide bonds. The first-order valence-electron chi connectivity index (χ1n) is 14.5. The highest BCUT2D eigenvalue weighted by Gasteiger charge is 2.38. The highest BCUT2D eigenvalue weighted by atomic mass is 19.4. The van der Waals surface area contributed by atoms with E-state index in [0.717, 1.165) is 6.42 Å². The zero-order valence-corrected chi connectivity index (χ0v) is 26.8. The van der Waals surface area contributed by atoms with E-state index in [1.807, 2.05) is 6.92 Å². The Kier molecular flexibility index (Phi) is 15.7. The Morgan fingerprint density at radius 2 is 1.46 bits per heavy atom. The molecule has 0 aliphatic rings. The van der Waals surface area contributed by atoms with Crippen molar-refractivity contribution >= 4 is 41.3 Å². The van der Waals surface area contributed by atoms with Gasteiger partial charge in [0.2, 0.25) is 23.6 Å². The number of primary amides is 1. The minimum atomic E-state index is -5.08. The summed E-state index contributed by atoms with van der Waals surface area (Å²) in [6.07, 6.45) is -3.36. The third-order valence-corrected chi connectivity index (χ3v) is 6.73. The largest absolute Gasteiger partial charge is 0.490 e. The van der Waals surface area contributed by atoms with Crippen molar-refractivity contribution in [3.05, 3.63) is 70.8 Å². The predicted molar refractivity (Wildman–Crippen MR) is 171 cm³/mol. The number of carboxylic acid groups (broad SMARTS) is 1. The highest BCUT2D eigenvalue weighted by Crippen LogP contribution is 2.17. The fraction of sp³-hybridized carbons (Fsp3) is 0.387. The van der Waals surface area contributed by atoms with E-state index in [9.17, 15) is 32.3 Å². The molecule has 10 N–H and O–H groups in total. The predicted octanol–water partition coefficient (Wildman–Crippen LogP) is 1.32. The number of hydrogen-bond acceptors (Lipinski definition) is 7. The summed E-state index contributed by atoms with van der Waals surface area (Å²) >= 11 is 0. The van der Waals surface area contributed by atoms with Crippen molar-refractivity contribution in [3.8, 4) is 0 Å². The van der Waals surface area contributed by atoms with Crippen LogP contribution in [0.1, 0.15) is 48.4 Å².